The second-order valence-electron chi connectivity index (χ2n) is 4.17. The zero-order chi connectivity index (χ0) is 16.1. The molecule has 0 saturated carbocycles. The van der Waals surface area contributed by atoms with Gasteiger partial charge < -0.3 is 14.2 Å². The van der Waals surface area contributed by atoms with Gasteiger partial charge in [-0.15, -0.1) is 11.3 Å². The number of rotatable bonds is 6. The molecule has 0 spiro atoms. The maximum absolute atomic E-state index is 12.1. The fourth-order valence-electron chi connectivity index (χ4n) is 1.72. The van der Waals surface area contributed by atoms with Crippen LogP contribution in [0.3, 0.4) is 0 Å². The maximum atomic E-state index is 12.1. The summed E-state index contributed by atoms with van der Waals surface area (Å²) in [6.07, 6.45) is 0. The smallest absolute Gasteiger partial charge is 0.342 e. The summed E-state index contributed by atoms with van der Waals surface area (Å²) in [5, 5.41) is 0. The first kappa shape index (κ1) is 16.3. The molecule has 116 valence electrons. The van der Waals surface area contributed by atoms with E-state index >= 15 is 0 Å². The zero-order valence-corrected chi connectivity index (χ0v) is 13.5. The van der Waals surface area contributed by atoms with Crippen LogP contribution in [0.2, 0.25) is 4.34 Å². The SMILES string of the molecule is COc1ccc(OC)c(C(=O)OCC(=O)c2ccc(Cl)s2)c1. The summed E-state index contributed by atoms with van der Waals surface area (Å²) < 4.78 is 15.7. The Bertz CT molecular complexity index is 695. The van der Waals surface area contributed by atoms with Gasteiger partial charge in [-0.2, -0.15) is 0 Å². The summed E-state index contributed by atoms with van der Waals surface area (Å²) in [6, 6.07) is 7.96. The Kier molecular flexibility index (Phi) is 5.41. The van der Waals surface area contributed by atoms with Gasteiger partial charge in [-0.3, -0.25) is 4.79 Å². The molecule has 0 fully saturated rings. The van der Waals surface area contributed by atoms with Crippen molar-refractivity contribution >= 4 is 34.7 Å². The van der Waals surface area contributed by atoms with Gasteiger partial charge in [-0.05, 0) is 30.3 Å². The highest BCUT2D eigenvalue weighted by molar-refractivity contribution is 7.18. The molecular weight excluding hydrogens is 328 g/mol. The Morgan fingerprint density at radius 3 is 2.50 bits per heavy atom. The monoisotopic (exact) mass is 340 g/mol. The minimum atomic E-state index is -0.660. The molecule has 1 aromatic heterocycles. The van der Waals surface area contributed by atoms with E-state index in [4.69, 9.17) is 25.8 Å². The van der Waals surface area contributed by atoms with E-state index < -0.39 is 5.97 Å². The quantitative estimate of drug-likeness (QED) is 0.595. The fraction of sp³-hybridized carbons (Fsp3) is 0.200. The van der Waals surface area contributed by atoms with Crippen LogP contribution in [0.25, 0.3) is 0 Å². The van der Waals surface area contributed by atoms with Crippen molar-refractivity contribution < 1.29 is 23.8 Å². The fourth-order valence-corrected chi connectivity index (χ4v) is 2.69. The van der Waals surface area contributed by atoms with Gasteiger partial charge in [0.1, 0.15) is 17.1 Å². The predicted molar refractivity (Wildman–Crippen MR) is 83.5 cm³/mol. The lowest BCUT2D eigenvalue weighted by molar-refractivity contribution is 0.0472. The van der Waals surface area contributed by atoms with Gasteiger partial charge >= 0.3 is 5.97 Å². The standard InChI is InChI=1S/C15H13ClO5S/c1-19-9-3-4-12(20-2)10(7-9)15(18)21-8-11(17)13-5-6-14(16)22-13/h3-7H,8H2,1-2H3. The van der Waals surface area contributed by atoms with Gasteiger partial charge in [0.25, 0.3) is 0 Å². The molecule has 0 aliphatic rings. The lowest BCUT2D eigenvalue weighted by Gasteiger charge is -2.09. The lowest BCUT2D eigenvalue weighted by Crippen LogP contribution is -2.14. The molecule has 0 N–H and O–H groups in total. The van der Waals surface area contributed by atoms with Crippen molar-refractivity contribution in [1.29, 1.82) is 0 Å². The van der Waals surface area contributed by atoms with Gasteiger partial charge in [0.15, 0.2) is 6.61 Å². The molecule has 0 amide bonds. The number of carbonyl (C=O) groups excluding carboxylic acids is 2. The second-order valence-corrected chi connectivity index (χ2v) is 5.88. The third-order valence-electron chi connectivity index (χ3n) is 2.81. The molecule has 0 radical (unpaired) electrons. The molecule has 0 saturated heterocycles. The lowest BCUT2D eigenvalue weighted by atomic mass is 10.2. The Morgan fingerprint density at radius 2 is 1.91 bits per heavy atom. The number of hydrogen-bond donors (Lipinski definition) is 0. The molecule has 0 bridgehead atoms. The summed E-state index contributed by atoms with van der Waals surface area (Å²) >= 11 is 6.90. The highest BCUT2D eigenvalue weighted by Crippen LogP contribution is 2.25. The highest BCUT2D eigenvalue weighted by Gasteiger charge is 2.17. The molecule has 2 rings (SSSR count). The summed E-state index contributed by atoms with van der Waals surface area (Å²) in [7, 11) is 2.93. The Morgan fingerprint density at radius 1 is 1.14 bits per heavy atom. The number of halogens is 1. The van der Waals surface area contributed by atoms with Gasteiger partial charge in [0.05, 0.1) is 23.4 Å². The number of hydrogen-bond acceptors (Lipinski definition) is 6. The van der Waals surface area contributed by atoms with Crippen molar-refractivity contribution in [3.8, 4) is 11.5 Å². The van der Waals surface area contributed by atoms with E-state index in [0.717, 1.165) is 11.3 Å². The largest absolute Gasteiger partial charge is 0.497 e. The van der Waals surface area contributed by atoms with E-state index in [9.17, 15) is 9.59 Å². The number of methoxy groups -OCH3 is 2. The molecule has 0 aliphatic heterocycles. The zero-order valence-electron chi connectivity index (χ0n) is 11.9. The predicted octanol–water partition coefficient (Wildman–Crippen LogP) is 3.46. The van der Waals surface area contributed by atoms with E-state index in [-0.39, 0.29) is 18.0 Å². The topological polar surface area (TPSA) is 61.8 Å². The van der Waals surface area contributed by atoms with Crippen molar-refractivity contribution in [3.05, 3.63) is 45.1 Å². The molecule has 7 heteroatoms. The van der Waals surface area contributed by atoms with Crippen LogP contribution in [0, 0.1) is 0 Å². The third kappa shape index (κ3) is 3.78. The van der Waals surface area contributed by atoms with Crippen molar-refractivity contribution in [2.45, 2.75) is 0 Å². The van der Waals surface area contributed by atoms with Gasteiger partial charge in [0, 0.05) is 0 Å². The first-order chi connectivity index (χ1) is 10.5. The number of thiophene rings is 1. The van der Waals surface area contributed by atoms with Crippen LogP contribution in [-0.4, -0.2) is 32.6 Å². The highest BCUT2D eigenvalue weighted by atomic mass is 35.5. The van der Waals surface area contributed by atoms with Gasteiger partial charge in [-0.1, -0.05) is 11.6 Å². The second kappa shape index (κ2) is 7.29. The summed E-state index contributed by atoms with van der Waals surface area (Å²) in [4.78, 5) is 24.4. The average molecular weight is 341 g/mol. The summed E-state index contributed by atoms with van der Waals surface area (Å²) in [5.41, 5.74) is 0.193. The molecule has 1 heterocycles. The van der Waals surface area contributed by atoms with Crippen molar-refractivity contribution in [3.63, 3.8) is 0 Å². The maximum Gasteiger partial charge on any atom is 0.342 e. The van der Waals surface area contributed by atoms with Gasteiger partial charge in [-0.25, -0.2) is 4.79 Å². The van der Waals surface area contributed by atoms with E-state index in [0.29, 0.717) is 20.7 Å². The molecule has 0 aliphatic carbocycles. The van der Waals surface area contributed by atoms with E-state index in [1.165, 1.54) is 20.3 Å². The van der Waals surface area contributed by atoms with E-state index in [2.05, 4.69) is 0 Å². The van der Waals surface area contributed by atoms with Crippen molar-refractivity contribution in [1.82, 2.24) is 0 Å². The Labute approximate surface area is 136 Å². The van der Waals surface area contributed by atoms with Crippen LogP contribution in [0.1, 0.15) is 20.0 Å². The molecule has 2 aromatic rings. The number of ether oxygens (including phenoxy) is 3. The van der Waals surface area contributed by atoms with Crippen molar-refractivity contribution in [2.24, 2.45) is 0 Å². The van der Waals surface area contributed by atoms with E-state index in [1.807, 2.05) is 0 Å². The molecule has 22 heavy (non-hydrogen) atoms. The first-order valence-corrected chi connectivity index (χ1v) is 7.42. The molecule has 0 unspecified atom stereocenters. The minimum Gasteiger partial charge on any atom is -0.497 e. The minimum absolute atomic E-state index is 0.193. The molecular formula is C15H13ClO5S. The Balaban J connectivity index is 2.07. The van der Waals surface area contributed by atoms with Crippen LogP contribution in [-0.2, 0) is 4.74 Å². The normalized spacial score (nSPS) is 10.1. The van der Waals surface area contributed by atoms with Crippen LogP contribution in [0.15, 0.2) is 30.3 Å². The number of Topliss-reactive ketones (excluding diaryl/α,β-unsaturated/α-hetero) is 1. The third-order valence-corrected chi connectivity index (χ3v) is 4.08. The molecule has 5 nitrogen and oxygen atoms in total. The first-order valence-electron chi connectivity index (χ1n) is 6.23. The number of carbonyl (C=O) groups is 2. The summed E-state index contributed by atoms with van der Waals surface area (Å²) in [5.74, 6) is -0.139. The number of esters is 1. The summed E-state index contributed by atoms with van der Waals surface area (Å²) in [6.45, 7) is -0.365. The molecule has 0 atom stereocenters. The van der Waals surface area contributed by atoms with E-state index in [1.54, 1.807) is 24.3 Å². The number of ketones is 1. The van der Waals surface area contributed by atoms with Crippen molar-refractivity contribution in [2.75, 3.05) is 20.8 Å². The average Bonchev–Trinajstić information content (AvgIpc) is 2.98. The van der Waals surface area contributed by atoms with Crippen LogP contribution >= 0.6 is 22.9 Å². The van der Waals surface area contributed by atoms with Gasteiger partial charge in [0.2, 0.25) is 5.78 Å². The van der Waals surface area contributed by atoms with Crippen LogP contribution in [0.5, 0.6) is 11.5 Å². The number of benzene rings is 1. The van der Waals surface area contributed by atoms with Crippen LogP contribution < -0.4 is 9.47 Å². The Hall–Kier alpha value is -2.05. The molecule has 1 aromatic carbocycles. The van der Waals surface area contributed by atoms with Crippen LogP contribution in [0.4, 0.5) is 0 Å².